The maximum absolute atomic E-state index is 14.6. The van der Waals surface area contributed by atoms with Crippen LogP contribution in [0.25, 0.3) is 10.8 Å². The highest BCUT2D eigenvalue weighted by Gasteiger charge is 2.05. The largest absolute Gasteiger partial charge is 0.488 e. The molecule has 0 bridgehead atoms. The van der Waals surface area contributed by atoms with Crippen LogP contribution in [-0.4, -0.2) is 11.6 Å². The minimum atomic E-state index is -0.915. The number of nitrogens with zero attached hydrogens (tertiary/aromatic N) is 1. The Morgan fingerprint density at radius 3 is 2.36 bits per heavy atom. The first-order valence-electron chi connectivity index (χ1n) is 10.4. The molecule has 0 radical (unpaired) electrons. The van der Waals surface area contributed by atoms with Gasteiger partial charge in [0.1, 0.15) is 18.2 Å². The SMILES string of the molecule is C=CCOc1ccc(CCc2ccc(C#Cc3ccc4cc(F)c(F)cc4c3)c(F)c2)nc1. The normalized spacial score (nSPS) is 10.5. The lowest BCUT2D eigenvalue weighted by Crippen LogP contribution is -1.98. The Kier molecular flexibility index (Phi) is 6.75. The molecule has 0 saturated carbocycles. The zero-order valence-corrected chi connectivity index (χ0v) is 17.7. The third kappa shape index (κ3) is 5.61. The first kappa shape index (κ1) is 22.2. The quantitative estimate of drug-likeness (QED) is 0.254. The van der Waals surface area contributed by atoms with Crippen LogP contribution >= 0.6 is 0 Å². The molecule has 0 N–H and O–H groups in total. The zero-order valence-electron chi connectivity index (χ0n) is 17.7. The third-order valence-corrected chi connectivity index (χ3v) is 5.09. The van der Waals surface area contributed by atoms with Gasteiger partial charge in [-0.2, -0.15) is 0 Å². The monoisotopic (exact) mass is 443 g/mol. The van der Waals surface area contributed by atoms with Crippen LogP contribution in [0.15, 0.2) is 79.5 Å². The second-order valence-corrected chi connectivity index (χ2v) is 7.48. The molecular formula is C28H20F3NO. The van der Waals surface area contributed by atoms with E-state index < -0.39 is 17.5 Å². The van der Waals surface area contributed by atoms with Crippen LogP contribution in [0.4, 0.5) is 13.2 Å². The molecule has 4 aromatic rings. The highest BCUT2D eigenvalue weighted by molar-refractivity contribution is 5.84. The van der Waals surface area contributed by atoms with Gasteiger partial charge in [0, 0.05) is 11.3 Å². The van der Waals surface area contributed by atoms with Gasteiger partial charge in [-0.05, 0) is 77.7 Å². The molecule has 0 aliphatic heterocycles. The van der Waals surface area contributed by atoms with Gasteiger partial charge in [0.15, 0.2) is 11.6 Å². The smallest absolute Gasteiger partial charge is 0.159 e. The summed E-state index contributed by atoms with van der Waals surface area (Å²) in [6.07, 6.45) is 4.63. The van der Waals surface area contributed by atoms with Crippen molar-refractivity contribution in [1.82, 2.24) is 4.98 Å². The molecule has 164 valence electrons. The summed E-state index contributed by atoms with van der Waals surface area (Å²) in [5, 5.41) is 1.11. The Labute approximate surface area is 190 Å². The van der Waals surface area contributed by atoms with Crippen molar-refractivity contribution in [2.45, 2.75) is 12.8 Å². The number of hydrogen-bond acceptors (Lipinski definition) is 2. The molecule has 0 spiro atoms. The van der Waals surface area contributed by atoms with Crippen molar-refractivity contribution >= 4 is 10.8 Å². The highest BCUT2D eigenvalue weighted by atomic mass is 19.2. The molecule has 3 aromatic carbocycles. The number of aryl methyl sites for hydroxylation is 2. The summed E-state index contributed by atoms with van der Waals surface area (Å²) in [6, 6.07) is 16.0. The summed E-state index contributed by atoms with van der Waals surface area (Å²) in [6.45, 7) is 4.03. The van der Waals surface area contributed by atoms with Gasteiger partial charge in [-0.15, -0.1) is 0 Å². The summed E-state index contributed by atoms with van der Waals surface area (Å²) < 4.78 is 46.8. The van der Waals surface area contributed by atoms with Crippen LogP contribution < -0.4 is 4.74 Å². The average molecular weight is 443 g/mol. The standard InChI is InChI=1S/C28H20F3NO/c1-2-13-33-25-12-11-24(32-18-25)10-6-20-4-8-21(26(29)15-20)7-3-19-5-9-22-16-27(30)28(31)17-23(22)14-19/h2,4-5,8-9,11-12,14-18H,1,6,10,13H2. The second-order valence-electron chi connectivity index (χ2n) is 7.48. The molecule has 0 amide bonds. The van der Waals surface area contributed by atoms with E-state index in [0.29, 0.717) is 41.5 Å². The van der Waals surface area contributed by atoms with Crippen molar-refractivity contribution < 1.29 is 17.9 Å². The van der Waals surface area contributed by atoms with Gasteiger partial charge in [0.2, 0.25) is 0 Å². The van der Waals surface area contributed by atoms with Crippen LogP contribution in [0.5, 0.6) is 5.75 Å². The lowest BCUT2D eigenvalue weighted by Gasteiger charge is -2.05. The fraction of sp³-hybridized carbons (Fsp3) is 0.107. The first-order chi connectivity index (χ1) is 16.0. The summed E-state index contributed by atoms with van der Waals surface area (Å²) >= 11 is 0. The Balaban J connectivity index is 1.43. The van der Waals surface area contributed by atoms with E-state index in [1.807, 2.05) is 18.2 Å². The minimum Gasteiger partial charge on any atom is -0.488 e. The molecule has 5 heteroatoms. The van der Waals surface area contributed by atoms with Gasteiger partial charge in [0.25, 0.3) is 0 Å². The molecule has 1 heterocycles. The molecule has 0 saturated heterocycles. The second kappa shape index (κ2) is 10.1. The Hall–Kier alpha value is -4.04. The number of rotatable bonds is 6. The van der Waals surface area contributed by atoms with E-state index in [0.717, 1.165) is 23.4 Å². The number of ether oxygens (including phenoxy) is 1. The topological polar surface area (TPSA) is 22.1 Å². The van der Waals surface area contributed by atoms with Gasteiger partial charge in [-0.1, -0.05) is 36.6 Å². The van der Waals surface area contributed by atoms with Crippen LogP contribution in [-0.2, 0) is 12.8 Å². The van der Waals surface area contributed by atoms with E-state index >= 15 is 0 Å². The Morgan fingerprint density at radius 1 is 0.818 bits per heavy atom. The Morgan fingerprint density at radius 2 is 1.64 bits per heavy atom. The van der Waals surface area contributed by atoms with E-state index in [-0.39, 0.29) is 5.56 Å². The van der Waals surface area contributed by atoms with E-state index in [1.165, 1.54) is 6.07 Å². The van der Waals surface area contributed by atoms with Gasteiger partial charge in [-0.3, -0.25) is 4.98 Å². The van der Waals surface area contributed by atoms with Crippen molar-refractivity contribution in [2.24, 2.45) is 0 Å². The molecule has 33 heavy (non-hydrogen) atoms. The van der Waals surface area contributed by atoms with E-state index in [1.54, 1.807) is 36.5 Å². The molecule has 4 rings (SSSR count). The molecule has 0 aliphatic carbocycles. The number of pyridine rings is 1. The maximum atomic E-state index is 14.6. The fourth-order valence-electron chi connectivity index (χ4n) is 3.35. The van der Waals surface area contributed by atoms with Gasteiger partial charge in [-0.25, -0.2) is 13.2 Å². The van der Waals surface area contributed by atoms with Crippen molar-refractivity contribution in [2.75, 3.05) is 6.61 Å². The molecule has 0 fully saturated rings. The number of hydrogen-bond donors (Lipinski definition) is 0. The fourth-order valence-corrected chi connectivity index (χ4v) is 3.35. The first-order valence-corrected chi connectivity index (χ1v) is 10.4. The van der Waals surface area contributed by atoms with Gasteiger partial charge in [0.05, 0.1) is 11.8 Å². The number of fused-ring (bicyclic) bond motifs is 1. The number of benzene rings is 3. The van der Waals surface area contributed by atoms with Gasteiger partial charge >= 0.3 is 0 Å². The molecule has 0 aliphatic rings. The molecular weight excluding hydrogens is 423 g/mol. The summed E-state index contributed by atoms with van der Waals surface area (Å²) in [5.74, 6) is 4.17. The van der Waals surface area contributed by atoms with Crippen molar-refractivity contribution in [3.05, 3.63) is 119 Å². The highest BCUT2D eigenvalue weighted by Crippen LogP contribution is 2.20. The molecule has 0 unspecified atom stereocenters. The predicted octanol–water partition coefficient (Wildman–Crippen LogP) is 6.40. The zero-order chi connectivity index (χ0) is 23.2. The van der Waals surface area contributed by atoms with E-state index in [4.69, 9.17) is 4.74 Å². The minimum absolute atomic E-state index is 0.269. The van der Waals surface area contributed by atoms with Crippen molar-refractivity contribution in [3.8, 4) is 17.6 Å². The van der Waals surface area contributed by atoms with E-state index in [2.05, 4.69) is 23.4 Å². The third-order valence-electron chi connectivity index (χ3n) is 5.09. The maximum Gasteiger partial charge on any atom is 0.159 e. The van der Waals surface area contributed by atoms with Crippen LogP contribution in [0.3, 0.4) is 0 Å². The van der Waals surface area contributed by atoms with Gasteiger partial charge < -0.3 is 4.74 Å². The predicted molar refractivity (Wildman–Crippen MR) is 124 cm³/mol. The Bertz CT molecular complexity index is 1370. The summed E-state index contributed by atoms with van der Waals surface area (Å²) in [4.78, 5) is 4.36. The summed E-state index contributed by atoms with van der Waals surface area (Å²) in [5.41, 5.74) is 2.59. The van der Waals surface area contributed by atoms with Crippen LogP contribution in [0.1, 0.15) is 22.4 Å². The summed E-state index contributed by atoms with van der Waals surface area (Å²) in [7, 11) is 0. The number of halogens is 3. The molecule has 2 nitrogen and oxygen atoms in total. The van der Waals surface area contributed by atoms with Crippen molar-refractivity contribution in [1.29, 1.82) is 0 Å². The van der Waals surface area contributed by atoms with Crippen LogP contribution in [0.2, 0.25) is 0 Å². The number of aromatic nitrogens is 1. The molecule has 1 aromatic heterocycles. The lowest BCUT2D eigenvalue weighted by molar-refractivity contribution is 0.361. The molecule has 0 atom stereocenters. The van der Waals surface area contributed by atoms with Crippen LogP contribution in [0, 0.1) is 29.3 Å². The average Bonchev–Trinajstić information content (AvgIpc) is 2.82. The van der Waals surface area contributed by atoms with Crippen molar-refractivity contribution in [3.63, 3.8) is 0 Å². The lowest BCUT2D eigenvalue weighted by atomic mass is 10.0. The van der Waals surface area contributed by atoms with E-state index in [9.17, 15) is 13.2 Å².